The Kier molecular flexibility index (Phi) is 7.05. The second-order valence-electron chi connectivity index (χ2n) is 8.08. The first-order valence-electron chi connectivity index (χ1n) is 10.6. The van der Waals surface area contributed by atoms with Gasteiger partial charge in [0.1, 0.15) is 0 Å². The first-order chi connectivity index (χ1) is 16.6. The summed E-state index contributed by atoms with van der Waals surface area (Å²) in [5.41, 5.74) is 0.503. The number of allylic oxidation sites excluding steroid dienone is 1. The molecule has 1 aliphatic heterocycles. The molecule has 1 aliphatic rings. The number of anilines is 1. The number of carbonyl (C=O) groups is 1. The highest BCUT2D eigenvalue weighted by Gasteiger charge is 2.46. The molecule has 0 radical (unpaired) electrons. The van der Waals surface area contributed by atoms with Crippen molar-refractivity contribution in [3.05, 3.63) is 112 Å². The molecule has 180 valence electrons. The molecule has 1 unspecified atom stereocenters. The maximum absolute atomic E-state index is 13.3. The number of urea groups is 1. The summed E-state index contributed by atoms with van der Waals surface area (Å²) in [4.78, 5) is 13.1. The van der Waals surface area contributed by atoms with Gasteiger partial charge in [0.05, 0.1) is 28.3 Å². The van der Waals surface area contributed by atoms with Crippen molar-refractivity contribution >= 4 is 45.0 Å². The number of carbonyl (C=O) groups excluding carboxylic acids is 1. The number of amides is 2. The van der Waals surface area contributed by atoms with Crippen molar-refractivity contribution in [2.24, 2.45) is 5.10 Å². The number of benzene rings is 3. The minimum atomic E-state index is -4.58. The fourth-order valence-electron chi connectivity index (χ4n) is 4.16. The van der Waals surface area contributed by atoms with Crippen molar-refractivity contribution < 1.29 is 18.0 Å². The van der Waals surface area contributed by atoms with E-state index in [1.54, 1.807) is 30.3 Å². The third kappa shape index (κ3) is 5.13. The number of nitrogens with zero attached hydrogens (tertiary/aromatic N) is 2. The Morgan fingerprint density at radius 3 is 2.43 bits per heavy atom. The summed E-state index contributed by atoms with van der Waals surface area (Å²) >= 11 is 9.39. The fraction of sp³-hybridized carbons (Fsp3) is 0.154. The standard InChI is InChI=1S/C26H20BrClF3N3O/c1-2-14-25(18-6-4-3-5-7-18)16-34(24(35)32-20-11-9-19(27)10-12-20)33-23(25)17-8-13-21(22(28)15-17)26(29,30)31/h2-13,15H,1,14,16H2,(H,32,35). The van der Waals surface area contributed by atoms with Crippen molar-refractivity contribution in [1.29, 1.82) is 0 Å². The van der Waals surface area contributed by atoms with E-state index in [0.29, 0.717) is 23.4 Å². The molecule has 9 heteroatoms. The summed E-state index contributed by atoms with van der Waals surface area (Å²) in [5.74, 6) is 0. The molecular formula is C26H20BrClF3N3O. The monoisotopic (exact) mass is 561 g/mol. The van der Waals surface area contributed by atoms with Crippen LogP contribution in [0.3, 0.4) is 0 Å². The van der Waals surface area contributed by atoms with E-state index in [1.807, 2.05) is 30.3 Å². The first kappa shape index (κ1) is 25.0. The van der Waals surface area contributed by atoms with Gasteiger partial charge in [0, 0.05) is 15.7 Å². The van der Waals surface area contributed by atoms with Crippen LogP contribution in [0.15, 0.2) is 95.0 Å². The molecule has 0 fully saturated rings. The lowest BCUT2D eigenvalue weighted by Gasteiger charge is -2.30. The summed E-state index contributed by atoms with van der Waals surface area (Å²) < 4.78 is 40.8. The molecule has 4 nitrogen and oxygen atoms in total. The Morgan fingerprint density at radius 1 is 1.14 bits per heavy atom. The van der Waals surface area contributed by atoms with Crippen LogP contribution < -0.4 is 5.32 Å². The molecular weight excluding hydrogens is 543 g/mol. The SMILES string of the molecule is C=CCC1(c2ccccc2)CN(C(=O)Nc2ccc(Br)cc2)N=C1c1ccc(C(F)(F)F)c(Cl)c1. The van der Waals surface area contributed by atoms with Crippen LogP contribution in [-0.2, 0) is 11.6 Å². The van der Waals surface area contributed by atoms with Gasteiger partial charge in [0.15, 0.2) is 0 Å². The Bertz CT molecular complexity index is 1280. The van der Waals surface area contributed by atoms with Crippen LogP contribution in [0.1, 0.15) is 23.1 Å². The zero-order valence-electron chi connectivity index (χ0n) is 18.3. The van der Waals surface area contributed by atoms with Gasteiger partial charge in [-0.15, -0.1) is 6.58 Å². The largest absolute Gasteiger partial charge is 0.417 e. The highest BCUT2D eigenvalue weighted by atomic mass is 79.9. The Labute approximate surface area is 214 Å². The minimum absolute atomic E-state index is 0.166. The van der Waals surface area contributed by atoms with Crippen molar-refractivity contribution in [3.8, 4) is 0 Å². The van der Waals surface area contributed by atoms with E-state index in [1.165, 1.54) is 17.1 Å². The Hall–Kier alpha value is -3.10. The van der Waals surface area contributed by atoms with Gasteiger partial charge >= 0.3 is 12.2 Å². The predicted molar refractivity (Wildman–Crippen MR) is 136 cm³/mol. The van der Waals surface area contributed by atoms with Crippen LogP contribution >= 0.6 is 27.5 Å². The summed E-state index contributed by atoms with van der Waals surface area (Å²) in [6, 6.07) is 19.5. The van der Waals surface area contributed by atoms with Gasteiger partial charge in [-0.2, -0.15) is 18.3 Å². The van der Waals surface area contributed by atoms with Crippen LogP contribution in [0.5, 0.6) is 0 Å². The maximum Gasteiger partial charge on any atom is 0.417 e. The van der Waals surface area contributed by atoms with Crippen LogP contribution in [0.2, 0.25) is 5.02 Å². The molecule has 0 spiro atoms. The molecule has 0 saturated carbocycles. The van der Waals surface area contributed by atoms with Gasteiger partial charge < -0.3 is 5.32 Å². The molecule has 3 aromatic carbocycles. The Morgan fingerprint density at radius 2 is 1.83 bits per heavy atom. The molecule has 1 atom stereocenters. The van der Waals surface area contributed by atoms with Crippen LogP contribution in [0, 0.1) is 0 Å². The van der Waals surface area contributed by atoms with E-state index in [0.717, 1.165) is 16.1 Å². The summed E-state index contributed by atoms with van der Waals surface area (Å²) in [5, 5.41) is 8.26. The zero-order valence-corrected chi connectivity index (χ0v) is 20.7. The molecule has 2 amide bonds. The predicted octanol–water partition coefficient (Wildman–Crippen LogP) is 7.89. The highest BCUT2D eigenvalue weighted by molar-refractivity contribution is 9.10. The molecule has 1 heterocycles. The van der Waals surface area contributed by atoms with E-state index in [-0.39, 0.29) is 6.54 Å². The van der Waals surface area contributed by atoms with Gasteiger partial charge in [0.2, 0.25) is 0 Å². The van der Waals surface area contributed by atoms with E-state index < -0.39 is 28.2 Å². The summed E-state index contributed by atoms with van der Waals surface area (Å²) in [6.07, 6.45) is -2.47. The lowest BCUT2D eigenvalue weighted by molar-refractivity contribution is -0.137. The molecule has 4 rings (SSSR count). The number of halogens is 5. The van der Waals surface area contributed by atoms with Crippen LogP contribution in [0.25, 0.3) is 0 Å². The molecule has 0 aliphatic carbocycles. The van der Waals surface area contributed by atoms with E-state index >= 15 is 0 Å². The second-order valence-corrected chi connectivity index (χ2v) is 9.40. The van der Waals surface area contributed by atoms with Gasteiger partial charge in [-0.25, -0.2) is 9.80 Å². The highest BCUT2D eigenvalue weighted by Crippen LogP contribution is 2.41. The first-order valence-corrected chi connectivity index (χ1v) is 11.8. The van der Waals surface area contributed by atoms with Crippen molar-refractivity contribution in [2.75, 3.05) is 11.9 Å². The number of alkyl halides is 3. The van der Waals surface area contributed by atoms with Gasteiger partial charge in [0.25, 0.3) is 0 Å². The number of hydrogen-bond acceptors (Lipinski definition) is 2. The lowest BCUT2D eigenvalue weighted by atomic mass is 9.72. The van der Waals surface area contributed by atoms with E-state index in [2.05, 4.69) is 32.9 Å². The topological polar surface area (TPSA) is 44.7 Å². The van der Waals surface area contributed by atoms with Crippen molar-refractivity contribution in [3.63, 3.8) is 0 Å². The molecule has 35 heavy (non-hydrogen) atoms. The van der Waals surface area contributed by atoms with E-state index in [9.17, 15) is 18.0 Å². The molecule has 3 aromatic rings. The number of rotatable bonds is 5. The molecule has 0 aromatic heterocycles. The normalized spacial score (nSPS) is 17.7. The summed E-state index contributed by atoms with van der Waals surface area (Å²) in [7, 11) is 0. The third-order valence-electron chi connectivity index (χ3n) is 5.79. The van der Waals surface area contributed by atoms with Crippen LogP contribution in [0.4, 0.5) is 23.7 Å². The lowest BCUT2D eigenvalue weighted by Crippen LogP contribution is -2.41. The molecule has 0 bridgehead atoms. The zero-order chi connectivity index (χ0) is 25.2. The van der Waals surface area contributed by atoms with Gasteiger partial charge in [-0.05, 0) is 48.4 Å². The van der Waals surface area contributed by atoms with Gasteiger partial charge in [-0.1, -0.05) is 70.0 Å². The number of hydrogen-bond donors (Lipinski definition) is 1. The van der Waals surface area contributed by atoms with Crippen molar-refractivity contribution in [1.82, 2.24) is 5.01 Å². The molecule has 0 saturated heterocycles. The van der Waals surface area contributed by atoms with E-state index in [4.69, 9.17) is 11.6 Å². The maximum atomic E-state index is 13.3. The average Bonchev–Trinajstić information content (AvgIpc) is 3.21. The second kappa shape index (κ2) is 9.87. The number of hydrazone groups is 1. The summed E-state index contributed by atoms with van der Waals surface area (Å²) in [6.45, 7) is 4.05. The van der Waals surface area contributed by atoms with Crippen LogP contribution in [-0.4, -0.2) is 23.3 Å². The average molecular weight is 563 g/mol. The smallest absolute Gasteiger partial charge is 0.306 e. The number of nitrogens with one attached hydrogen (secondary N) is 1. The van der Waals surface area contributed by atoms with Crippen molar-refractivity contribution in [2.45, 2.75) is 18.0 Å². The quantitative estimate of drug-likeness (QED) is 0.316. The third-order valence-corrected chi connectivity index (χ3v) is 6.63. The minimum Gasteiger partial charge on any atom is -0.306 e. The molecule has 1 N–H and O–H groups in total. The van der Waals surface area contributed by atoms with Gasteiger partial charge in [-0.3, -0.25) is 0 Å². The fourth-order valence-corrected chi connectivity index (χ4v) is 4.71. The Balaban J connectivity index is 1.79.